The number of imidazole rings is 1. The van der Waals surface area contributed by atoms with E-state index in [0.717, 1.165) is 19.1 Å². The van der Waals surface area contributed by atoms with Gasteiger partial charge in [-0.2, -0.15) is 0 Å². The highest BCUT2D eigenvalue weighted by Crippen LogP contribution is 2.23. The van der Waals surface area contributed by atoms with Crippen LogP contribution < -0.4 is 5.73 Å². The van der Waals surface area contributed by atoms with Crippen LogP contribution in [0.25, 0.3) is 5.52 Å². The van der Waals surface area contributed by atoms with Gasteiger partial charge >= 0.3 is 0 Å². The van der Waals surface area contributed by atoms with E-state index in [2.05, 4.69) is 4.98 Å². The molecule has 0 aromatic carbocycles. The first-order valence-corrected chi connectivity index (χ1v) is 9.90. The van der Waals surface area contributed by atoms with Crippen LogP contribution in [-0.2, 0) is 9.84 Å². The van der Waals surface area contributed by atoms with Gasteiger partial charge < -0.3 is 10.6 Å². The Hall–Kier alpha value is -1.93. The van der Waals surface area contributed by atoms with Gasteiger partial charge in [-0.25, -0.2) is 13.4 Å². The lowest BCUT2D eigenvalue weighted by atomic mass is 9.91. The van der Waals surface area contributed by atoms with Gasteiger partial charge in [0.05, 0.1) is 5.52 Å². The Morgan fingerprint density at radius 1 is 1.33 bits per heavy atom. The Morgan fingerprint density at radius 2 is 2.00 bits per heavy atom. The monoisotopic (exact) mass is 350 g/mol. The SMILES string of the molecule is CC(N)C1CCN(C(=O)c2nc(S(C)(=O)=O)n3ccccc23)CC1. The lowest BCUT2D eigenvalue weighted by Crippen LogP contribution is -2.42. The van der Waals surface area contributed by atoms with E-state index in [-0.39, 0.29) is 22.8 Å². The summed E-state index contributed by atoms with van der Waals surface area (Å²) in [6, 6.07) is 5.31. The zero-order valence-electron chi connectivity index (χ0n) is 13.8. The zero-order valence-corrected chi connectivity index (χ0v) is 14.7. The second kappa shape index (κ2) is 6.18. The first-order valence-electron chi connectivity index (χ1n) is 8.01. The van der Waals surface area contributed by atoms with Gasteiger partial charge in [0.2, 0.25) is 15.0 Å². The number of hydrogen-bond donors (Lipinski definition) is 1. The molecule has 1 aliphatic rings. The number of hydrogen-bond acceptors (Lipinski definition) is 5. The Bertz CT molecular complexity index is 865. The van der Waals surface area contributed by atoms with Crippen molar-refractivity contribution in [2.75, 3.05) is 19.3 Å². The maximum Gasteiger partial charge on any atom is 0.274 e. The standard InChI is InChI=1S/C16H22N4O3S/c1-11(17)12-6-9-19(10-7-12)15(21)14-13-5-3-4-8-20(13)16(18-14)24(2,22)23/h3-5,8,11-12H,6-7,9-10,17H2,1-2H3. The maximum absolute atomic E-state index is 12.9. The molecule has 0 saturated carbocycles. The van der Waals surface area contributed by atoms with Crippen molar-refractivity contribution in [1.29, 1.82) is 0 Å². The van der Waals surface area contributed by atoms with E-state index in [4.69, 9.17) is 5.73 Å². The Balaban J connectivity index is 1.94. The summed E-state index contributed by atoms with van der Waals surface area (Å²) in [7, 11) is -3.53. The van der Waals surface area contributed by atoms with Crippen molar-refractivity contribution in [1.82, 2.24) is 14.3 Å². The van der Waals surface area contributed by atoms with Gasteiger partial charge in [-0.15, -0.1) is 0 Å². The largest absolute Gasteiger partial charge is 0.337 e. The molecule has 1 atom stereocenters. The molecule has 130 valence electrons. The number of nitrogens with zero attached hydrogens (tertiary/aromatic N) is 3. The van der Waals surface area contributed by atoms with Crippen LogP contribution in [0, 0.1) is 5.92 Å². The van der Waals surface area contributed by atoms with Gasteiger partial charge in [0.15, 0.2) is 5.69 Å². The van der Waals surface area contributed by atoms with Crippen molar-refractivity contribution in [2.45, 2.75) is 31.0 Å². The topological polar surface area (TPSA) is 97.8 Å². The molecule has 0 radical (unpaired) electrons. The zero-order chi connectivity index (χ0) is 17.5. The van der Waals surface area contributed by atoms with Crippen molar-refractivity contribution in [2.24, 2.45) is 11.7 Å². The second-order valence-electron chi connectivity index (χ2n) is 6.46. The third-order valence-electron chi connectivity index (χ3n) is 4.62. The van der Waals surface area contributed by atoms with Crippen molar-refractivity contribution in [3.05, 3.63) is 30.1 Å². The number of fused-ring (bicyclic) bond motifs is 1. The minimum atomic E-state index is -3.53. The molecule has 3 rings (SSSR count). The van der Waals surface area contributed by atoms with Gasteiger partial charge in [-0.05, 0) is 37.8 Å². The molecule has 2 aromatic rings. The molecular formula is C16H22N4O3S. The summed E-state index contributed by atoms with van der Waals surface area (Å²) in [6.07, 6.45) is 4.41. The molecule has 0 bridgehead atoms. The van der Waals surface area contributed by atoms with Crippen LogP contribution in [-0.4, -0.2) is 54.0 Å². The highest BCUT2D eigenvalue weighted by molar-refractivity contribution is 7.90. The number of carbonyl (C=O) groups is 1. The molecular weight excluding hydrogens is 328 g/mol. The van der Waals surface area contributed by atoms with E-state index in [0.29, 0.717) is 24.5 Å². The molecule has 1 aliphatic heterocycles. The average molecular weight is 350 g/mol. The van der Waals surface area contributed by atoms with Crippen molar-refractivity contribution in [3.63, 3.8) is 0 Å². The smallest absolute Gasteiger partial charge is 0.274 e. The number of sulfone groups is 1. The summed E-state index contributed by atoms with van der Waals surface area (Å²) in [6.45, 7) is 3.22. The third kappa shape index (κ3) is 3.03. The normalized spacial score (nSPS) is 18.0. The summed E-state index contributed by atoms with van der Waals surface area (Å²) < 4.78 is 25.4. The minimum absolute atomic E-state index is 0.105. The fourth-order valence-corrected chi connectivity index (χ4v) is 3.98. The van der Waals surface area contributed by atoms with Crippen LogP contribution in [0.3, 0.4) is 0 Å². The lowest BCUT2D eigenvalue weighted by Gasteiger charge is -2.33. The molecule has 8 heteroatoms. The minimum Gasteiger partial charge on any atom is -0.337 e. The third-order valence-corrected chi connectivity index (χ3v) is 5.57. The summed E-state index contributed by atoms with van der Waals surface area (Å²) in [5, 5.41) is -0.105. The van der Waals surface area contributed by atoms with Gasteiger partial charge in [0.1, 0.15) is 0 Å². The first kappa shape index (κ1) is 16.9. The summed E-state index contributed by atoms with van der Waals surface area (Å²) in [5.74, 6) is 0.191. The summed E-state index contributed by atoms with van der Waals surface area (Å²) in [5.41, 5.74) is 6.64. The fraction of sp³-hybridized carbons (Fsp3) is 0.500. The number of nitrogens with two attached hydrogens (primary N) is 1. The predicted octanol–water partition coefficient (Wildman–Crippen LogP) is 0.937. The summed E-state index contributed by atoms with van der Waals surface area (Å²) in [4.78, 5) is 18.7. The van der Waals surface area contributed by atoms with Gasteiger partial charge in [-0.1, -0.05) is 6.07 Å². The number of piperidine rings is 1. The number of aromatic nitrogens is 2. The Kier molecular flexibility index (Phi) is 4.35. The molecule has 7 nitrogen and oxygen atoms in total. The van der Waals surface area contributed by atoms with Crippen LogP contribution in [0.15, 0.2) is 29.6 Å². The molecule has 2 N–H and O–H groups in total. The van der Waals surface area contributed by atoms with Crippen LogP contribution in [0.1, 0.15) is 30.3 Å². The molecule has 1 unspecified atom stereocenters. The second-order valence-corrected chi connectivity index (χ2v) is 8.37. The fourth-order valence-electron chi connectivity index (χ4n) is 3.21. The van der Waals surface area contributed by atoms with Crippen LogP contribution in [0.2, 0.25) is 0 Å². The molecule has 2 aromatic heterocycles. The van der Waals surface area contributed by atoms with E-state index in [1.807, 2.05) is 6.92 Å². The van der Waals surface area contributed by atoms with Crippen molar-refractivity contribution >= 4 is 21.3 Å². The molecule has 3 heterocycles. The Labute approximate surface area is 141 Å². The molecule has 1 saturated heterocycles. The highest BCUT2D eigenvalue weighted by Gasteiger charge is 2.29. The maximum atomic E-state index is 12.9. The van der Waals surface area contributed by atoms with E-state index >= 15 is 0 Å². The van der Waals surface area contributed by atoms with Gasteiger partial charge in [-0.3, -0.25) is 9.20 Å². The molecule has 1 fully saturated rings. The Morgan fingerprint density at radius 3 is 2.58 bits per heavy atom. The first-order chi connectivity index (χ1) is 11.3. The van der Waals surface area contributed by atoms with Crippen LogP contribution >= 0.6 is 0 Å². The molecule has 0 spiro atoms. The predicted molar refractivity (Wildman–Crippen MR) is 90.6 cm³/mol. The van der Waals surface area contributed by atoms with E-state index in [1.165, 1.54) is 4.40 Å². The average Bonchev–Trinajstić information content (AvgIpc) is 2.94. The highest BCUT2D eigenvalue weighted by atomic mass is 32.2. The van der Waals surface area contributed by atoms with Gasteiger partial charge in [0.25, 0.3) is 5.91 Å². The van der Waals surface area contributed by atoms with Crippen LogP contribution in [0.4, 0.5) is 0 Å². The van der Waals surface area contributed by atoms with Gasteiger partial charge in [0, 0.05) is 31.6 Å². The molecule has 0 aliphatic carbocycles. The summed E-state index contributed by atoms with van der Waals surface area (Å²) >= 11 is 0. The van der Waals surface area contributed by atoms with Crippen molar-refractivity contribution in [3.8, 4) is 0 Å². The number of rotatable bonds is 3. The lowest BCUT2D eigenvalue weighted by molar-refractivity contribution is 0.0677. The molecule has 24 heavy (non-hydrogen) atoms. The number of amides is 1. The molecule has 1 amide bonds. The van der Waals surface area contributed by atoms with E-state index in [9.17, 15) is 13.2 Å². The quantitative estimate of drug-likeness (QED) is 0.888. The van der Waals surface area contributed by atoms with E-state index in [1.54, 1.807) is 29.3 Å². The number of carbonyl (C=O) groups excluding carboxylic acids is 1. The van der Waals surface area contributed by atoms with E-state index < -0.39 is 9.84 Å². The van der Waals surface area contributed by atoms with Crippen LogP contribution in [0.5, 0.6) is 0 Å². The number of pyridine rings is 1. The number of likely N-dealkylation sites (tertiary alicyclic amines) is 1. The van der Waals surface area contributed by atoms with Crippen molar-refractivity contribution < 1.29 is 13.2 Å².